The van der Waals surface area contributed by atoms with Crippen LogP contribution >= 0.6 is 18.0 Å². The molecule has 5 nitrogen and oxygen atoms in total. The minimum Gasteiger partial charge on any atom is -0.247 e. The molecule has 0 aromatic carbocycles. The minimum atomic E-state index is -4.04. The molecule has 0 spiro atoms. The van der Waals surface area contributed by atoms with E-state index in [2.05, 4.69) is 11.2 Å². The molecule has 7 heavy (non-hydrogen) atoms. The van der Waals surface area contributed by atoms with Crippen molar-refractivity contribution < 1.29 is 4.57 Å². The second kappa shape index (κ2) is 2.14. The maximum atomic E-state index is 9.76. The molecule has 0 saturated carbocycles. The molecule has 0 aromatic heterocycles. The largest absolute Gasteiger partial charge is 0.460 e. The molecular formula is ClN2O3P. The number of nitrogens with zero attached hydrogens (tertiary/aromatic N) is 2. The quantitative estimate of drug-likeness (QED) is 0.436. The summed E-state index contributed by atoms with van der Waals surface area (Å²) in [4.78, 5) is 21.7. The molecule has 0 saturated heterocycles. The fourth-order valence-electron chi connectivity index (χ4n) is 0.0149. The van der Waals surface area contributed by atoms with Crippen LogP contribution in [0.15, 0.2) is 9.89 Å². The van der Waals surface area contributed by atoms with Gasteiger partial charge >= 0.3 is 6.80 Å². The van der Waals surface area contributed by atoms with E-state index < -0.39 is 6.80 Å². The van der Waals surface area contributed by atoms with Crippen LogP contribution in [0.3, 0.4) is 0 Å². The molecule has 0 aliphatic heterocycles. The van der Waals surface area contributed by atoms with E-state index >= 15 is 0 Å². The van der Waals surface area contributed by atoms with Gasteiger partial charge in [-0.15, -0.1) is 9.81 Å². The van der Waals surface area contributed by atoms with Crippen LogP contribution in [0.1, 0.15) is 0 Å². The maximum absolute atomic E-state index is 9.76. The lowest BCUT2D eigenvalue weighted by atomic mass is 13.7. The number of hydrogen-bond donors (Lipinski definition) is 0. The van der Waals surface area contributed by atoms with Crippen molar-refractivity contribution >= 4 is 18.0 Å². The predicted octanol–water partition coefficient (Wildman–Crippen LogP) is 1.87. The number of nitroso groups, excluding NO2 is 2. The summed E-state index contributed by atoms with van der Waals surface area (Å²) in [7, 11) is 0. The summed E-state index contributed by atoms with van der Waals surface area (Å²) in [6.07, 6.45) is 0. The lowest BCUT2D eigenvalue weighted by Gasteiger charge is -1.77. The monoisotopic (exact) mass is 142 g/mol. The summed E-state index contributed by atoms with van der Waals surface area (Å²) in [5.41, 5.74) is 0. The van der Waals surface area contributed by atoms with Crippen LogP contribution in [0, 0.1) is 9.81 Å². The fraction of sp³-hybridized carbons (Fsp3) is 0. The molecule has 0 unspecified atom stereocenters. The van der Waals surface area contributed by atoms with Gasteiger partial charge in [-0.05, 0) is 11.2 Å². The summed E-state index contributed by atoms with van der Waals surface area (Å²) in [6.45, 7) is -4.04. The first kappa shape index (κ1) is 6.72. The first-order valence-corrected chi connectivity index (χ1v) is 3.63. The Morgan fingerprint density at radius 3 is 1.57 bits per heavy atom. The van der Waals surface area contributed by atoms with E-state index in [0.717, 1.165) is 0 Å². The maximum Gasteiger partial charge on any atom is 0.460 e. The highest BCUT2D eigenvalue weighted by Crippen LogP contribution is 2.53. The molecule has 7 heteroatoms. The SMILES string of the molecule is O=NP(=O)(Cl)N=O. The zero-order valence-electron chi connectivity index (χ0n) is 2.94. The molecule has 0 aliphatic rings. The average molecular weight is 142 g/mol. The summed E-state index contributed by atoms with van der Waals surface area (Å²) >= 11 is 4.50. The molecule has 0 N–H and O–H groups in total. The van der Waals surface area contributed by atoms with Gasteiger partial charge in [0.25, 0.3) is 0 Å². The molecule has 0 aliphatic carbocycles. The normalized spacial score (nSPS) is 10.4. The van der Waals surface area contributed by atoms with E-state index in [1.807, 2.05) is 0 Å². The summed E-state index contributed by atoms with van der Waals surface area (Å²) in [5, 5.41) is 0. The highest BCUT2D eigenvalue weighted by atomic mass is 35.7. The van der Waals surface area contributed by atoms with Crippen LogP contribution < -0.4 is 0 Å². The smallest absolute Gasteiger partial charge is 0.247 e. The van der Waals surface area contributed by atoms with Crippen molar-refractivity contribution in [2.45, 2.75) is 0 Å². The van der Waals surface area contributed by atoms with Gasteiger partial charge in [0.05, 0.1) is 0 Å². The second-order valence-corrected chi connectivity index (χ2v) is 3.23. The number of hydrogen-bond acceptors (Lipinski definition) is 3. The van der Waals surface area contributed by atoms with Gasteiger partial charge in [0.15, 0.2) is 0 Å². The molecule has 0 fully saturated rings. The Morgan fingerprint density at radius 1 is 1.29 bits per heavy atom. The Balaban J connectivity index is 4.13. The zero-order chi connectivity index (χ0) is 5.91. The van der Waals surface area contributed by atoms with Gasteiger partial charge in [0, 0.05) is 9.89 Å². The minimum absolute atomic E-state index is 1.73. The molecule has 0 atom stereocenters. The third kappa shape index (κ3) is 2.42. The summed E-state index contributed by atoms with van der Waals surface area (Å²) in [5.74, 6) is 0. The molecule has 0 aromatic rings. The van der Waals surface area contributed by atoms with Crippen molar-refractivity contribution in [3.8, 4) is 0 Å². The molecule has 0 radical (unpaired) electrons. The van der Waals surface area contributed by atoms with Crippen molar-refractivity contribution in [1.29, 1.82) is 0 Å². The van der Waals surface area contributed by atoms with Gasteiger partial charge < -0.3 is 0 Å². The lowest BCUT2D eigenvalue weighted by molar-refractivity contribution is 0.586. The fourth-order valence-corrected chi connectivity index (χ4v) is 0.0447. The number of halogens is 1. The van der Waals surface area contributed by atoms with Crippen molar-refractivity contribution in [1.82, 2.24) is 0 Å². The van der Waals surface area contributed by atoms with Gasteiger partial charge in [-0.25, -0.2) is 4.57 Å². The molecule has 0 heterocycles. The van der Waals surface area contributed by atoms with Crippen LogP contribution in [0.4, 0.5) is 0 Å². The van der Waals surface area contributed by atoms with Gasteiger partial charge in [-0.1, -0.05) is 0 Å². The Kier molecular flexibility index (Phi) is 2.05. The molecule has 0 rings (SSSR count). The lowest BCUT2D eigenvalue weighted by Crippen LogP contribution is -1.47. The van der Waals surface area contributed by atoms with E-state index in [-0.39, 0.29) is 0 Å². The van der Waals surface area contributed by atoms with Crippen LogP contribution in [-0.2, 0) is 4.57 Å². The van der Waals surface area contributed by atoms with Gasteiger partial charge in [0.1, 0.15) is 0 Å². The first-order valence-electron chi connectivity index (χ1n) is 1.12. The van der Waals surface area contributed by atoms with Crippen LogP contribution in [0.2, 0.25) is 0 Å². The number of rotatable bonds is 2. The van der Waals surface area contributed by atoms with Crippen LogP contribution in [0.5, 0.6) is 0 Å². The second-order valence-electron chi connectivity index (χ2n) is 0.636. The van der Waals surface area contributed by atoms with Gasteiger partial charge in [0.2, 0.25) is 0 Å². The van der Waals surface area contributed by atoms with Crippen LogP contribution in [-0.4, -0.2) is 0 Å². The Bertz CT molecular complexity index is 119. The van der Waals surface area contributed by atoms with E-state index in [0.29, 0.717) is 0 Å². The Morgan fingerprint density at radius 2 is 1.57 bits per heavy atom. The third-order valence-electron chi connectivity index (χ3n) is 0.201. The Labute approximate surface area is 43.3 Å². The topological polar surface area (TPSA) is 75.9 Å². The average Bonchev–Trinajstić information content (AvgIpc) is 1.68. The summed E-state index contributed by atoms with van der Waals surface area (Å²) in [6, 6.07) is 0. The van der Waals surface area contributed by atoms with Gasteiger partial charge in [-0.3, -0.25) is 0 Å². The molecular weight excluding hydrogens is 142 g/mol. The highest BCUT2D eigenvalue weighted by Gasteiger charge is 2.17. The van der Waals surface area contributed by atoms with Crippen LogP contribution in [0.25, 0.3) is 0 Å². The molecule has 0 bridgehead atoms. The summed E-state index contributed by atoms with van der Waals surface area (Å²) < 4.78 is 9.76. The van der Waals surface area contributed by atoms with Crippen molar-refractivity contribution in [2.24, 2.45) is 9.89 Å². The standard InChI is InChI=1S/ClN2O3P/c1-7(6,2-4)3-5. The first-order chi connectivity index (χ1) is 3.12. The van der Waals surface area contributed by atoms with Crippen molar-refractivity contribution in [3.05, 3.63) is 9.81 Å². The van der Waals surface area contributed by atoms with E-state index in [4.69, 9.17) is 9.81 Å². The highest BCUT2D eigenvalue weighted by molar-refractivity contribution is 7.86. The predicted molar refractivity (Wildman–Crippen MR) is 25.0 cm³/mol. The zero-order valence-corrected chi connectivity index (χ0v) is 4.59. The van der Waals surface area contributed by atoms with E-state index in [1.165, 1.54) is 0 Å². The van der Waals surface area contributed by atoms with E-state index in [1.54, 1.807) is 9.89 Å². The van der Waals surface area contributed by atoms with Gasteiger partial charge in [-0.2, -0.15) is 0 Å². The third-order valence-corrected chi connectivity index (χ3v) is 0.975. The molecule has 40 valence electrons. The molecule has 0 amide bonds. The van der Waals surface area contributed by atoms with Crippen molar-refractivity contribution in [2.75, 3.05) is 0 Å². The van der Waals surface area contributed by atoms with E-state index in [9.17, 15) is 4.57 Å². The van der Waals surface area contributed by atoms with Crippen molar-refractivity contribution in [3.63, 3.8) is 0 Å². The Hall–Kier alpha value is -0.280.